The number of nitrogens with zero attached hydrogens (tertiary/aromatic N) is 1. The second kappa shape index (κ2) is 3.63. The molecule has 1 aliphatic heterocycles. The van der Waals surface area contributed by atoms with Crippen LogP contribution < -0.4 is 0 Å². The Morgan fingerprint density at radius 2 is 2.44 bits per heavy atom. The maximum absolute atomic E-state index is 2.50. The zero-order valence-corrected chi connectivity index (χ0v) is 8.56. The van der Waals surface area contributed by atoms with Gasteiger partial charge in [-0.3, -0.25) is 0 Å². The van der Waals surface area contributed by atoms with Crippen LogP contribution in [0.15, 0.2) is 0 Å². The van der Waals surface area contributed by atoms with Crippen LogP contribution in [0.2, 0.25) is 5.21 Å². The third-order valence-corrected chi connectivity index (χ3v) is 2.87. The molecule has 0 aromatic carbocycles. The third kappa shape index (κ3) is 1.98. The van der Waals surface area contributed by atoms with Crippen LogP contribution in [0.5, 0.6) is 0 Å². The molecule has 0 saturated carbocycles. The van der Waals surface area contributed by atoms with Gasteiger partial charge in [-0.2, -0.15) is 0 Å². The first-order valence-corrected chi connectivity index (χ1v) is 5.46. The van der Waals surface area contributed by atoms with Crippen molar-refractivity contribution in [1.29, 1.82) is 0 Å². The Morgan fingerprint density at radius 3 is 2.89 bits per heavy atom. The first-order valence-electron chi connectivity index (χ1n) is 3.75. The van der Waals surface area contributed by atoms with Gasteiger partial charge in [-0.05, 0) is 0 Å². The summed E-state index contributed by atoms with van der Waals surface area (Å²) in [5.74, 6) is 0. The van der Waals surface area contributed by atoms with E-state index in [0.29, 0.717) is 0 Å². The van der Waals surface area contributed by atoms with Crippen molar-refractivity contribution in [3.8, 4) is 0 Å². The van der Waals surface area contributed by atoms with E-state index < -0.39 is 0 Å². The summed E-state index contributed by atoms with van der Waals surface area (Å²) >= 11 is 1.87. The first kappa shape index (κ1) is 7.62. The summed E-state index contributed by atoms with van der Waals surface area (Å²) in [5, 5.41) is 1.40. The fraction of sp³-hybridized carbons (Fsp3) is 1.00. The predicted octanol–water partition coefficient (Wildman–Crippen LogP) is 0.522. The fourth-order valence-corrected chi connectivity index (χ4v) is 2.34. The van der Waals surface area contributed by atoms with Gasteiger partial charge in [0.2, 0.25) is 0 Å². The zero-order chi connectivity index (χ0) is 6.69. The molecule has 1 nitrogen and oxygen atoms in total. The van der Waals surface area contributed by atoms with Crippen LogP contribution in [-0.4, -0.2) is 41.4 Å². The summed E-state index contributed by atoms with van der Waals surface area (Å²) in [4.78, 5) is 2.50. The van der Waals surface area contributed by atoms with Crippen molar-refractivity contribution in [2.24, 2.45) is 0 Å². The summed E-state index contributed by atoms with van der Waals surface area (Å²) in [6.45, 7) is 1.33. The van der Waals surface area contributed by atoms with Gasteiger partial charge in [0, 0.05) is 0 Å². The SMILES string of the molecule is CN1CCCC1CC[AsH2]. The number of likely N-dealkylation sites (tertiary alicyclic amines) is 1. The average Bonchev–Trinajstić information content (AvgIpc) is 2.18. The van der Waals surface area contributed by atoms with Crippen LogP contribution in [0.25, 0.3) is 0 Å². The van der Waals surface area contributed by atoms with Gasteiger partial charge >= 0.3 is 65.9 Å². The van der Waals surface area contributed by atoms with E-state index in [2.05, 4.69) is 11.9 Å². The third-order valence-electron chi connectivity index (χ3n) is 2.17. The van der Waals surface area contributed by atoms with E-state index in [0.717, 1.165) is 6.04 Å². The zero-order valence-electron chi connectivity index (χ0n) is 6.14. The molecule has 0 aliphatic carbocycles. The Bertz CT molecular complexity index is 85.0. The molecular formula is C7H16AsN. The summed E-state index contributed by atoms with van der Waals surface area (Å²) in [6.07, 6.45) is 4.30. The van der Waals surface area contributed by atoms with Gasteiger partial charge in [0.05, 0.1) is 0 Å². The van der Waals surface area contributed by atoms with E-state index >= 15 is 0 Å². The molecular weight excluding hydrogens is 173 g/mol. The molecule has 0 aromatic rings. The molecule has 1 heterocycles. The molecule has 9 heavy (non-hydrogen) atoms. The van der Waals surface area contributed by atoms with E-state index in [9.17, 15) is 0 Å². The Morgan fingerprint density at radius 1 is 1.67 bits per heavy atom. The Hall–Kier alpha value is 0.518. The molecule has 0 spiro atoms. The maximum atomic E-state index is 2.50. The van der Waals surface area contributed by atoms with Crippen LogP contribution in [-0.2, 0) is 0 Å². The van der Waals surface area contributed by atoms with Crippen LogP contribution in [0.4, 0.5) is 0 Å². The quantitative estimate of drug-likeness (QED) is 0.572. The van der Waals surface area contributed by atoms with Crippen LogP contribution in [0.1, 0.15) is 19.3 Å². The molecule has 1 fully saturated rings. The Kier molecular flexibility index (Phi) is 3.07. The topological polar surface area (TPSA) is 3.24 Å². The summed E-state index contributed by atoms with van der Waals surface area (Å²) in [7, 11) is 2.25. The molecule has 0 bridgehead atoms. The van der Waals surface area contributed by atoms with Crippen LogP contribution >= 0.6 is 0 Å². The van der Waals surface area contributed by atoms with Gasteiger partial charge in [-0.25, -0.2) is 0 Å². The van der Waals surface area contributed by atoms with E-state index in [1.807, 2.05) is 16.9 Å². The minimum absolute atomic E-state index is 0.928. The van der Waals surface area contributed by atoms with Gasteiger partial charge in [-0.15, -0.1) is 0 Å². The van der Waals surface area contributed by atoms with Crippen LogP contribution in [0, 0.1) is 0 Å². The fourth-order valence-electron chi connectivity index (χ4n) is 1.54. The average molecular weight is 189 g/mol. The second-order valence-electron chi connectivity index (χ2n) is 2.85. The monoisotopic (exact) mass is 189 g/mol. The van der Waals surface area contributed by atoms with E-state index in [4.69, 9.17) is 0 Å². The number of hydrogen-bond acceptors (Lipinski definition) is 1. The molecule has 1 rings (SSSR count). The van der Waals surface area contributed by atoms with Crippen molar-refractivity contribution in [2.75, 3.05) is 13.6 Å². The molecule has 2 heteroatoms. The van der Waals surface area contributed by atoms with Gasteiger partial charge in [0.25, 0.3) is 0 Å². The standard InChI is InChI=1S/C7H16AsN/c1-9-6-2-3-7(9)4-5-8/h7H,2-6,8H2,1H3. The van der Waals surface area contributed by atoms with Crippen molar-refractivity contribution in [3.63, 3.8) is 0 Å². The van der Waals surface area contributed by atoms with Crippen molar-refractivity contribution in [1.82, 2.24) is 4.90 Å². The van der Waals surface area contributed by atoms with Gasteiger partial charge in [-0.1, -0.05) is 0 Å². The Balaban J connectivity index is 2.22. The van der Waals surface area contributed by atoms with E-state index in [-0.39, 0.29) is 0 Å². The molecule has 0 N–H and O–H groups in total. The first-order chi connectivity index (χ1) is 4.34. The van der Waals surface area contributed by atoms with Gasteiger partial charge < -0.3 is 0 Å². The molecule has 1 aliphatic rings. The van der Waals surface area contributed by atoms with E-state index in [1.54, 1.807) is 0 Å². The van der Waals surface area contributed by atoms with Gasteiger partial charge in [0.1, 0.15) is 0 Å². The summed E-state index contributed by atoms with van der Waals surface area (Å²) in [6, 6.07) is 0.928. The molecule has 0 radical (unpaired) electrons. The Labute approximate surface area is 66.3 Å². The molecule has 0 aromatic heterocycles. The molecule has 54 valence electrons. The molecule has 2 atom stereocenters. The second-order valence-corrected chi connectivity index (χ2v) is 4.07. The normalized spacial score (nSPS) is 29.3. The molecule has 1 saturated heterocycles. The molecule has 0 amide bonds. The van der Waals surface area contributed by atoms with Crippen molar-refractivity contribution < 1.29 is 0 Å². The van der Waals surface area contributed by atoms with Crippen molar-refractivity contribution in [3.05, 3.63) is 0 Å². The van der Waals surface area contributed by atoms with Crippen molar-refractivity contribution in [2.45, 2.75) is 30.5 Å². The predicted molar refractivity (Wildman–Crippen MR) is 43.6 cm³/mol. The minimum atomic E-state index is 0.928. The number of rotatable bonds is 2. The number of hydrogen-bond donors (Lipinski definition) is 0. The van der Waals surface area contributed by atoms with E-state index in [1.165, 1.54) is 31.0 Å². The van der Waals surface area contributed by atoms with Crippen LogP contribution in [0.3, 0.4) is 0 Å². The summed E-state index contributed by atoms with van der Waals surface area (Å²) < 4.78 is 0. The van der Waals surface area contributed by atoms with Gasteiger partial charge in [0.15, 0.2) is 0 Å². The summed E-state index contributed by atoms with van der Waals surface area (Å²) in [5.41, 5.74) is 0. The van der Waals surface area contributed by atoms with Crippen molar-refractivity contribution >= 4 is 16.9 Å². The molecule has 2 unspecified atom stereocenters.